The minimum absolute atomic E-state index is 0.0861. The number of rotatable bonds is 7. The number of carbonyl (C=O) groups is 1. The number of hydrogen-bond acceptors (Lipinski definition) is 3. The molecule has 0 fully saturated rings. The van der Waals surface area contributed by atoms with Crippen LogP contribution < -0.4 is 5.32 Å². The Balaban J connectivity index is 2.41. The van der Waals surface area contributed by atoms with Crippen molar-refractivity contribution in [2.75, 3.05) is 20.6 Å². The number of nitrogens with zero attached hydrogens (tertiary/aromatic N) is 1. The van der Waals surface area contributed by atoms with Crippen LogP contribution in [0.15, 0.2) is 22.8 Å². The van der Waals surface area contributed by atoms with E-state index in [1.54, 1.807) is 6.26 Å². The van der Waals surface area contributed by atoms with Crippen molar-refractivity contribution in [3.8, 4) is 0 Å². The van der Waals surface area contributed by atoms with Crippen LogP contribution in [-0.2, 0) is 4.79 Å². The molecule has 0 aromatic carbocycles. The van der Waals surface area contributed by atoms with Crippen molar-refractivity contribution in [1.82, 2.24) is 10.2 Å². The van der Waals surface area contributed by atoms with Crippen molar-refractivity contribution in [1.29, 1.82) is 0 Å². The Morgan fingerprint density at radius 1 is 1.44 bits per heavy atom. The van der Waals surface area contributed by atoms with Crippen LogP contribution in [0.3, 0.4) is 0 Å². The molecule has 0 aliphatic rings. The maximum absolute atomic E-state index is 11.7. The SMILES string of the molecule is CC(C)CCC(=O)NCC(c1ccco1)N(C)C. The van der Waals surface area contributed by atoms with Crippen LogP contribution in [0.25, 0.3) is 0 Å². The molecule has 4 heteroatoms. The summed E-state index contributed by atoms with van der Waals surface area (Å²) < 4.78 is 5.39. The normalized spacial score (nSPS) is 13.0. The Morgan fingerprint density at radius 2 is 2.17 bits per heavy atom. The first-order valence-corrected chi connectivity index (χ1v) is 6.47. The van der Waals surface area contributed by atoms with Crippen LogP contribution in [-0.4, -0.2) is 31.4 Å². The lowest BCUT2D eigenvalue weighted by Crippen LogP contribution is -2.34. The first-order valence-electron chi connectivity index (χ1n) is 6.47. The van der Waals surface area contributed by atoms with E-state index in [0.29, 0.717) is 18.9 Å². The zero-order chi connectivity index (χ0) is 13.5. The molecule has 1 N–H and O–H groups in total. The molecule has 1 aromatic heterocycles. The summed E-state index contributed by atoms with van der Waals surface area (Å²) in [4.78, 5) is 13.7. The van der Waals surface area contributed by atoms with E-state index < -0.39 is 0 Å². The molecule has 0 aliphatic carbocycles. The number of furan rings is 1. The smallest absolute Gasteiger partial charge is 0.220 e. The van der Waals surface area contributed by atoms with Gasteiger partial charge in [-0.2, -0.15) is 0 Å². The van der Waals surface area contributed by atoms with E-state index in [4.69, 9.17) is 4.42 Å². The molecule has 1 rings (SSSR count). The van der Waals surface area contributed by atoms with Gasteiger partial charge >= 0.3 is 0 Å². The minimum Gasteiger partial charge on any atom is -0.468 e. The summed E-state index contributed by atoms with van der Waals surface area (Å²) in [7, 11) is 3.96. The molecule has 1 aromatic rings. The zero-order valence-electron chi connectivity index (χ0n) is 11.8. The quantitative estimate of drug-likeness (QED) is 0.810. The van der Waals surface area contributed by atoms with Gasteiger partial charge in [0.2, 0.25) is 5.91 Å². The van der Waals surface area contributed by atoms with Crippen LogP contribution >= 0.6 is 0 Å². The Kier molecular flexibility index (Phi) is 5.92. The molecule has 18 heavy (non-hydrogen) atoms. The van der Waals surface area contributed by atoms with Crippen LogP contribution in [0.2, 0.25) is 0 Å². The first-order chi connectivity index (χ1) is 8.50. The van der Waals surface area contributed by atoms with Gasteiger partial charge in [0.25, 0.3) is 0 Å². The van der Waals surface area contributed by atoms with Crippen LogP contribution in [0.4, 0.5) is 0 Å². The van der Waals surface area contributed by atoms with Gasteiger partial charge in [0.1, 0.15) is 5.76 Å². The average Bonchev–Trinajstić information content (AvgIpc) is 2.79. The molecule has 0 radical (unpaired) electrons. The molecular weight excluding hydrogens is 228 g/mol. The number of nitrogens with one attached hydrogen (secondary N) is 1. The molecule has 0 saturated carbocycles. The van der Waals surface area contributed by atoms with Gasteiger partial charge in [-0.3, -0.25) is 9.69 Å². The highest BCUT2D eigenvalue weighted by Gasteiger charge is 2.17. The number of carbonyl (C=O) groups excluding carboxylic acids is 1. The van der Waals surface area contributed by atoms with Crippen molar-refractivity contribution in [2.24, 2.45) is 5.92 Å². The molecular formula is C14H24N2O2. The highest BCUT2D eigenvalue weighted by Crippen LogP contribution is 2.17. The second kappa shape index (κ2) is 7.21. The standard InChI is InChI=1S/C14H24N2O2/c1-11(2)7-8-14(17)15-10-12(16(3)4)13-6-5-9-18-13/h5-6,9,11-12H,7-8,10H2,1-4H3,(H,15,17). The molecule has 4 nitrogen and oxygen atoms in total. The molecule has 1 heterocycles. The molecule has 0 bridgehead atoms. The van der Waals surface area contributed by atoms with E-state index in [2.05, 4.69) is 19.2 Å². The van der Waals surface area contributed by atoms with E-state index in [1.165, 1.54) is 0 Å². The molecule has 1 atom stereocenters. The lowest BCUT2D eigenvalue weighted by molar-refractivity contribution is -0.121. The fraction of sp³-hybridized carbons (Fsp3) is 0.643. The fourth-order valence-corrected chi connectivity index (χ4v) is 1.74. The highest BCUT2D eigenvalue weighted by molar-refractivity contribution is 5.75. The van der Waals surface area contributed by atoms with Gasteiger partial charge in [-0.25, -0.2) is 0 Å². The minimum atomic E-state index is 0.0861. The monoisotopic (exact) mass is 252 g/mol. The van der Waals surface area contributed by atoms with E-state index in [1.807, 2.05) is 31.1 Å². The predicted octanol–water partition coefficient (Wildman–Crippen LogP) is 2.43. The Morgan fingerprint density at radius 3 is 2.67 bits per heavy atom. The van der Waals surface area contributed by atoms with Gasteiger partial charge in [0, 0.05) is 13.0 Å². The van der Waals surface area contributed by atoms with Gasteiger partial charge in [-0.05, 0) is 38.6 Å². The molecule has 102 valence electrons. The number of likely N-dealkylation sites (N-methyl/N-ethyl adjacent to an activating group) is 1. The third-order valence-electron chi connectivity index (χ3n) is 2.94. The summed E-state index contributed by atoms with van der Waals surface area (Å²) in [5.41, 5.74) is 0. The van der Waals surface area contributed by atoms with Gasteiger partial charge in [-0.15, -0.1) is 0 Å². The lowest BCUT2D eigenvalue weighted by Gasteiger charge is -2.22. The van der Waals surface area contributed by atoms with Crippen molar-refractivity contribution >= 4 is 5.91 Å². The second-order valence-corrected chi connectivity index (χ2v) is 5.23. The highest BCUT2D eigenvalue weighted by atomic mass is 16.3. The Hall–Kier alpha value is -1.29. The summed E-state index contributed by atoms with van der Waals surface area (Å²) >= 11 is 0. The fourth-order valence-electron chi connectivity index (χ4n) is 1.74. The van der Waals surface area contributed by atoms with Crippen LogP contribution in [0, 0.1) is 5.92 Å². The van der Waals surface area contributed by atoms with Crippen molar-refractivity contribution < 1.29 is 9.21 Å². The Bertz CT molecular complexity index is 345. The number of amides is 1. The van der Waals surface area contributed by atoms with Crippen molar-refractivity contribution in [2.45, 2.75) is 32.7 Å². The molecule has 1 unspecified atom stereocenters. The zero-order valence-corrected chi connectivity index (χ0v) is 11.8. The maximum Gasteiger partial charge on any atom is 0.220 e. The summed E-state index contributed by atoms with van der Waals surface area (Å²) in [5.74, 6) is 1.55. The van der Waals surface area contributed by atoms with Crippen LogP contribution in [0.5, 0.6) is 0 Å². The first kappa shape index (κ1) is 14.8. The topological polar surface area (TPSA) is 45.5 Å². The summed E-state index contributed by atoms with van der Waals surface area (Å²) in [6.45, 7) is 4.83. The van der Waals surface area contributed by atoms with E-state index in [9.17, 15) is 4.79 Å². The number of hydrogen-bond donors (Lipinski definition) is 1. The third-order valence-corrected chi connectivity index (χ3v) is 2.94. The van der Waals surface area contributed by atoms with Crippen LogP contribution in [0.1, 0.15) is 38.5 Å². The van der Waals surface area contributed by atoms with Gasteiger partial charge in [-0.1, -0.05) is 13.8 Å². The van der Waals surface area contributed by atoms with Crippen molar-refractivity contribution in [3.63, 3.8) is 0 Å². The summed E-state index contributed by atoms with van der Waals surface area (Å²) in [5, 5.41) is 2.97. The Labute approximate surface area is 109 Å². The summed E-state index contributed by atoms with van der Waals surface area (Å²) in [6, 6.07) is 3.89. The molecule has 0 aliphatic heterocycles. The largest absolute Gasteiger partial charge is 0.468 e. The summed E-state index contributed by atoms with van der Waals surface area (Å²) in [6.07, 6.45) is 3.18. The van der Waals surface area contributed by atoms with E-state index in [0.717, 1.165) is 12.2 Å². The maximum atomic E-state index is 11.7. The lowest BCUT2D eigenvalue weighted by atomic mass is 10.1. The van der Waals surface area contributed by atoms with E-state index >= 15 is 0 Å². The van der Waals surface area contributed by atoms with Crippen molar-refractivity contribution in [3.05, 3.63) is 24.2 Å². The molecule has 0 spiro atoms. The predicted molar refractivity (Wildman–Crippen MR) is 72.2 cm³/mol. The third kappa shape index (κ3) is 4.92. The van der Waals surface area contributed by atoms with Gasteiger partial charge in [0.05, 0.1) is 12.3 Å². The second-order valence-electron chi connectivity index (χ2n) is 5.23. The van der Waals surface area contributed by atoms with Gasteiger partial charge in [0.15, 0.2) is 0 Å². The molecule has 1 amide bonds. The van der Waals surface area contributed by atoms with E-state index in [-0.39, 0.29) is 11.9 Å². The molecule has 0 saturated heterocycles. The van der Waals surface area contributed by atoms with Gasteiger partial charge < -0.3 is 9.73 Å². The average molecular weight is 252 g/mol.